The van der Waals surface area contributed by atoms with Gasteiger partial charge in [-0.05, 0) is 87.9 Å². The van der Waals surface area contributed by atoms with Crippen LogP contribution in [0.5, 0.6) is 0 Å². The monoisotopic (exact) mass is 877 g/mol. The molecule has 0 aliphatic rings. The molecule has 0 bridgehead atoms. The average molecular weight is 878 g/mol. The number of halogens is 1. The van der Waals surface area contributed by atoms with Gasteiger partial charge >= 0.3 is 18.0 Å². The highest BCUT2D eigenvalue weighted by atomic mass is 35.5. The number of rotatable bonds is 26. The molecule has 1 aromatic carbocycles. The molecule has 0 saturated heterocycles. The Kier molecular flexibility index (Phi) is 21.3. The Bertz CT molecular complexity index is 1850. The molecular formula is C40H64ClN11O9. The molecule has 61 heavy (non-hydrogen) atoms. The maximum absolute atomic E-state index is 14.2. The van der Waals surface area contributed by atoms with E-state index in [0.29, 0.717) is 35.5 Å². The van der Waals surface area contributed by atoms with Crippen molar-refractivity contribution in [2.45, 2.75) is 122 Å². The second-order valence-electron chi connectivity index (χ2n) is 15.9. The molecule has 1 aromatic heterocycles. The first kappa shape index (κ1) is 51.5. The minimum absolute atomic E-state index is 0.000146. The van der Waals surface area contributed by atoms with E-state index in [2.05, 4.69) is 36.6 Å². The van der Waals surface area contributed by atoms with Crippen molar-refractivity contribution in [3.63, 3.8) is 0 Å². The predicted molar refractivity (Wildman–Crippen MR) is 231 cm³/mol. The Morgan fingerprint density at radius 1 is 0.770 bits per heavy atom. The van der Waals surface area contributed by atoms with Crippen molar-refractivity contribution in [1.82, 2.24) is 36.5 Å². The van der Waals surface area contributed by atoms with Crippen LogP contribution in [0.25, 0.3) is 10.9 Å². The normalized spacial score (nSPS) is 14.2. The molecule has 2 rings (SSSR count). The van der Waals surface area contributed by atoms with Crippen molar-refractivity contribution >= 4 is 70.1 Å². The van der Waals surface area contributed by atoms with Crippen molar-refractivity contribution < 1.29 is 43.8 Å². The molecule has 0 aliphatic heterocycles. The van der Waals surface area contributed by atoms with E-state index in [0.717, 1.165) is 5.39 Å². The summed E-state index contributed by atoms with van der Waals surface area (Å²) in [6, 6.07) is -3.08. The molecule has 6 atom stereocenters. The Balaban J connectivity index is 2.21. The largest absolute Gasteiger partial charge is 0.480 e. The first-order chi connectivity index (χ1) is 28.6. The number of carboxylic acids is 2. The number of likely N-dealkylation sites (N-methyl/N-ethyl adjacent to an activating group) is 1. The Labute approximate surface area is 360 Å². The molecular weight excluding hydrogens is 814 g/mol. The molecule has 6 amide bonds. The molecule has 0 unspecified atom stereocenters. The lowest BCUT2D eigenvalue weighted by Crippen LogP contribution is -2.59. The van der Waals surface area contributed by atoms with Crippen LogP contribution in [0.15, 0.2) is 29.4 Å². The fourth-order valence-electron chi connectivity index (χ4n) is 6.55. The van der Waals surface area contributed by atoms with Gasteiger partial charge in [0.2, 0.25) is 23.6 Å². The zero-order valence-corrected chi connectivity index (χ0v) is 36.5. The van der Waals surface area contributed by atoms with E-state index in [1.807, 2.05) is 27.7 Å². The maximum Gasteiger partial charge on any atom is 0.326 e. The van der Waals surface area contributed by atoms with Gasteiger partial charge in [-0.1, -0.05) is 45.4 Å². The standard InChI is InChI=1S/C40H64ClN11O9/c1-21(2)16-30(36(56)52(6)32(17-22(3)4)35(55)49-31(38(59)60)18-24-20-46-29-19-25(41)12-13-26(24)29)48-33(53)23(5)47-34(54)27(10-7-8-14-42)50-40(61)51-28(37(57)58)11-9-15-45-39(43)44/h12-13,19-23,27-28,30-32,46H,7-11,14-18,42H2,1-6H3,(H,47,54)(H,48,53)(H,49,55)(H,57,58)(H,59,60)(H4,43,44,45)(H2,50,51,61)/t23-,27-,28+,30-,31-,32-/m0/s1. The van der Waals surface area contributed by atoms with Crippen molar-refractivity contribution in [2.24, 2.45) is 34.0 Å². The van der Waals surface area contributed by atoms with Crippen molar-refractivity contribution in [2.75, 3.05) is 20.1 Å². The third-order valence-corrected chi connectivity index (χ3v) is 10.0. The lowest BCUT2D eigenvalue weighted by Gasteiger charge is -2.33. The number of unbranched alkanes of at least 4 members (excludes halogenated alkanes) is 1. The third kappa shape index (κ3) is 17.5. The van der Waals surface area contributed by atoms with Crippen LogP contribution in [-0.4, -0.2) is 124 Å². The molecule has 0 spiro atoms. The fraction of sp³-hybridized carbons (Fsp3) is 0.600. The summed E-state index contributed by atoms with van der Waals surface area (Å²) in [6.07, 6.45) is 3.24. The summed E-state index contributed by atoms with van der Waals surface area (Å²) >= 11 is 6.10. The van der Waals surface area contributed by atoms with Gasteiger partial charge in [0.05, 0.1) is 0 Å². The van der Waals surface area contributed by atoms with E-state index in [9.17, 15) is 43.8 Å². The van der Waals surface area contributed by atoms with E-state index in [-0.39, 0.29) is 62.9 Å². The van der Waals surface area contributed by atoms with Crippen LogP contribution in [0.1, 0.15) is 85.1 Å². The number of aliphatic imine (C=N–C) groups is 1. The predicted octanol–water partition coefficient (Wildman–Crippen LogP) is 1.15. The number of amides is 6. The van der Waals surface area contributed by atoms with Crippen LogP contribution < -0.4 is 43.8 Å². The number of urea groups is 1. The number of carboxylic acid groups (broad SMARTS) is 2. The molecule has 340 valence electrons. The van der Waals surface area contributed by atoms with Crippen LogP contribution in [0.2, 0.25) is 5.02 Å². The van der Waals surface area contributed by atoms with E-state index >= 15 is 0 Å². The molecule has 1 heterocycles. The smallest absolute Gasteiger partial charge is 0.326 e. The molecule has 21 heteroatoms. The van der Waals surface area contributed by atoms with Gasteiger partial charge in [0, 0.05) is 42.1 Å². The number of nitrogens with one attached hydrogen (secondary N) is 6. The summed E-state index contributed by atoms with van der Waals surface area (Å²) in [5.74, 6) is -5.70. The quantitative estimate of drug-likeness (QED) is 0.0360. The number of carbonyl (C=O) groups excluding carboxylic acids is 5. The van der Waals surface area contributed by atoms with Gasteiger partial charge in [-0.15, -0.1) is 0 Å². The van der Waals surface area contributed by atoms with Crippen molar-refractivity contribution in [3.8, 4) is 0 Å². The van der Waals surface area contributed by atoms with E-state index in [4.69, 9.17) is 28.8 Å². The highest BCUT2D eigenvalue weighted by molar-refractivity contribution is 6.31. The minimum Gasteiger partial charge on any atom is -0.480 e. The van der Waals surface area contributed by atoms with Gasteiger partial charge < -0.3 is 63.9 Å². The number of hydrogen-bond acceptors (Lipinski definition) is 9. The number of benzene rings is 1. The highest BCUT2D eigenvalue weighted by Gasteiger charge is 2.36. The van der Waals surface area contributed by atoms with Crippen LogP contribution in [0.3, 0.4) is 0 Å². The SMILES string of the molecule is CC(C)C[C@H](NC(=O)[C@H](C)NC(=O)[C@H](CCCCN)NC(=O)N[C@H](CCCN=C(N)N)C(=O)O)C(=O)N(C)[C@@H](CC(C)C)C(=O)N[C@@H](Cc1c[nH]c2cc(Cl)ccc12)C(=O)O. The summed E-state index contributed by atoms with van der Waals surface area (Å²) in [6.45, 7) is 9.24. The topological polar surface area (TPSA) is 330 Å². The number of aromatic nitrogens is 1. The Morgan fingerprint density at radius 3 is 1.97 bits per heavy atom. The van der Waals surface area contributed by atoms with Crippen LogP contribution in [0, 0.1) is 11.8 Å². The third-order valence-electron chi connectivity index (χ3n) is 9.77. The zero-order valence-electron chi connectivity index (χ0n) is 35.8. The van der Waals surface area contributed by atoms with E-state index < -0.39 is 77.8 Å². The molecule has 14 N–H and O–H groups in total. The number of H-pyrrole nitrogens is 1. The second kappa shape index (κ2) is 25.2. The summed E-state index contributed by atoms with van der Waals surface area (Å²) in [7, 11) is 1.42. The minimum atomic E-state index is -1.34. The maximum atomic E-state index is 14.2. The number of fused-ring (bicyclic) bond motifs is 1. The van der Waals surface area contributed by atoms with E-state index in [1.54, 1.807) is 24.4 Å². The van der Waals surface area contributed by atoms with Gasteiger partial charge in [0.1, 0.15) is 36.3 Å². The first-order valence-corrected chi connectivity index (χ1v) is 20.7. The highest BCUT2D eigenvalue weighted by Crippen LogP contribution is 2.23. The average Bonchev–Trinajstić information content (AvgIpc) is 3.57. The molecule has 0 radical (unpaired) electrons. The molecule has 20 nitrogen and oxygen atoms in total. The summed E-state index contributed by atoms with van der Waals surface area (Å²) in [5, 5.41) is 33.7. The molecule has 2 aromatic rings. The lowest BCUT2D eigenvalue weighted by molar-refractivity contribution is -0.145. The van der Waals surface area contributed by atoms with Crippen molar-refractivity contribution in [1.29, 1.82) is 0 Å². The van der Waals surface area contributed by atoms with Gasteiger partial charge in [-0.25, -0.2) is 14.4 Å². The number of aromatic amines is 1. The lowest BCUT2D eigenvalue weighted by atomic mass is 9.98. The van der Waals surface area contributed by atoms with Gasteiger partial charge in [0.25, 0.3) is 0 Å². The molecule has 0 fully saturated rings. The molecule has 0 aliphatic carbocycles. The number of guanidine groups is 1. The number of hydrogen-bond donors (Lipinski definition) is 11. The van der Waals surface area contributed by atoms with Gasteiger partial charge in [-0.2, -0.15) is 0 Å². The number of nitrogens with zero attached hydrogens (tertiary/aromatic N) is 2. The number of nitrogens with two attached hydrogens (primary N) is 3. The zero-order chi connectivity index (χ0) is 46.0. The molecule has 0 saturated carbocycles. The summed E-state index contributed by atoms with van der Waals surface area (Å²) in [5.41, 5.74) is 17.6. The second-order valence-corrected chi connectivity index (χ2v) is 16.4. The Morgan fingerprint density at radius 2 is 1.38 bits per heavy atom. The first-order valence-electron chi connectivity index (χ1n) is 20.4. The van der Waals surface area contributed by atoms with E-state index in [1.165, 1.54) is 18.9 Å². The van der Waals surface area contributed by atoms with Gasteiger partial charge in [-0.3, -0.25) is 24.2 Å². The summed E-state index contributed by atoms with van der Waals surface area (Å²) < 4.78 is 0. The fourth-order valence-corrected chi connectivity index (χ4v) is 6.72. The van der Waals surface area contributed by atoms with Crippen molar-refractivity contribution in [3.05, 3.63) is 35.0 Å². The van der Waals surface area contributed by atoms with Gasteiger partial charge in [0.15, 0.2) is 5.96 Å². The Hall–Kier alpha value is -5.63. The summed E-state index contributed by atoms with van der Waals surface area (Å²) in [4.78, 5) is 100. The van der Waals surface area contributed by atoms with Crippen LogP contribution in [0.4, 0.5) is 4.79 Å². The number of carbonyl (C=O) groups is 7. The number of aliphatic carboxylic acids is 2. The van der Waals surface area contributed by atoms with Crippen LogP contribution in [-0.2, 0) is 35.2 Å². The van der Waals surface area contributed by atoms with Crippen LogP contribution >= 0.6 is 11.6 Å².